The van der Waals surface area contributed by atoms with Crippen LogP contribution in [0.4, 0.5) is 11.5 Å². The molecule has 1 aliphatic carbocycles. The lowest BCUT2D eigenvalue weighted by Gasteiger charge is -2.11. The third kappa shape index (κ3) is 5.02. The minimum Gasteiger partial charge on any atom is -0.348 e. The first kappa shape index (κ1) is 19.2. The van der Waals surface area contributed by atoms with Crippen LogP contribution < -0.4 is 5.32 Å². The number of nitrogens with one attached hydrogen (secondary N) is 1. The summed E-state index contributed by atoms with van der Waals surface area (Å²) < 4.78 is 3.77. The highest BCUT2D eigenvalue weighted by atomic mass is 15.2. The molecule has 29 heavy (non-hydrogen) atoms. The second-order valence-electron chi connectivity index (χ2n) is 7.80. The van der Waals surface area contributed by atoms with Crippen LogP contribution in [0.1, 0.15) is 31.2 Å². The van der Waals surface area contributed by atoms with E-state index in [9.17, 15) is 0 Å². The van der Waals surface area contributed by atoms with Gasteiger partial charge in [0.05, 0.1) is 24.3 Å². The Morgan fingerprint density at radius 2 is 1.97 bits per heavy atom. The molecule has 0 bridgehead atoms. The third-order valence-electron chi connectivity index (χ3n) is 5.48. The van der Waals surface area contributed by atoms with Gasteiger partial charge in [0.2, 0.25) is 0 Å². The van der Waals surface area contributed by atoms with Gasteiger partial charge in [-0.2, -0.15) is 5.10 Å². The van der Waals surface area contributed by atoms with E-state index in [4.69, 9.17) is 0 Å². The van der Waals surface area contributed by atoms with Crippen molar-refractivity contribution in [1.82, 2.24) is 24.3 Å². The van der Waals surface area contributed by atoms with E-state index in [1.807, 2.05) is 43.4 Å². The van der Waals surface area contributed by atoms with Crippen molar-refractivity contribution in [2.24, 2.45) is 20.0 Å². The van der Waals surface area contributed by atoms with Crippen molar-refractivity contribution in [2.45, 2.75) is 32.1 Å². The van der Waals surface area contributed by atoms with Crippen molar-refractivity contribution in [1.29, 1.82) is 0 Å². The van der Waals surface area contributed by atoms with Crippen LogP contribution >= 0.6 is 0 Å². The maximum atomic E-state index is 4.54. The zero-order valence-electron chi connectivity index (χ0n) is 17.1. The molecule has 6 heteroatoms. The van der Waals surface area contributed by atoms with E-state index in [-0.39, 0.29) is 0 Å². The molecule has 2 heterocycles. The number of rotatable bonds is 5. The normalized spacial score (nSPS) is 14.0. The summed E-state index contributed by atoms with van der Waals surface area (Å²) in [7, 11) is 3.88. The highest BCUT2D eigenvalue weighted by Gasteiger charge is 2.15. The van der Waals surface area contributed by atoms with Gasteiger partial charge >= 0.3 is 0 Å². The summed E-state index contributed by atoms with van der Waals surface area (Å²) in [5, 5.41) is 7.65. The van der Waals surface area contributed by atoms with E-state index in [0.29, 0.717) is 5.82 Å². The Hall–Kier alpha value is -3.15. The van der Waals surface area contributed by atoms with Crippen LogP contribution in [0.2, 0.25) is 0 Å². The minimum absolute atomic E-state index is 0.705. The minimum atomic E-state index is 0.705. The summed E-state index contributed by atoms with van der Waals surface area (Å²) in [6.07, 6.45) is 17.7. The maximum absolute atomic E-state index is 4.54. The lowest BCUT2D eigenvalue weighted by molar-refractivity contribution is 0.546. The molecule has 0 aliphatic heterocycles. The van der Waals surface area contributed by atoms with E-state index in [2.05, 4.69) is 44.6 Å². The fourth-order valence-electron chi connectivity index (χ4n) is 3.96. The summed E-state index contributed by atoms with van der Waals surface area (Å²) in [5.74, 6) is 1.54. The number of benzene rings is 1. The van der Waals surface area contributed by atoms with E-state index >= 15 is 0 Å². The maximum Gasteiger partial charge on any atom is 0.148 e. The Balaban J connectivity index is 1.55. The largest absolute Gasteiger partial charge is 0.348 e. The van der Waals surface area contributed by atoms with Crippen LogP contribution in [-0.2, 0) is 20.5 Å². The first-order chi connectivity index (χ1) is 14.2. The summed E-state index contributed by atoms with van der Waals surface area (Å²) in [6, 6.07) is 8.64. The molecule has 1 fully saturated rings. The third-order valence-corrected chi connectivity index (χ3v) is 5.48. The number of hydrogen-bond donors (Lipinski definition) is 1. The molecule has 0 spiro atoms. The van der Waals surface area contributed by atoms with Crippen LogP contribution in [0, 0.1) is 5.92 Å². The molecule has 1 N–H and O–H groups in total. The van der Waals surface area contributed by atoms with Crippen LogP contribution in [0.15, 0.2) is 61.4 Å². The van der Waals surface area contributed by atoms with Crippen molar-refractivity contribution >= 4 is 11.5 Å². The molecule has 0 atom stereocenters. The van der Waals surface area contributed by atoms with Crippen LogP contribution in [0.3, 0.4) is 0 Å². The highest BCUT2D eigenvalue weighted by molar-refractivity contribution is 5.57. The number of aromatic nitrogens is 5. The zero-order valence-corrected chi connectivity index (χ0v) is 17.1. The lowest BCUT2D eigenvalue weighted by Crippen LogP contribution is -1.99. The fraction of sp³-hybridized carbons (Fsp3) is 0.348. The molecule has 0 unspecified atom stereocenters. The van der Waals surface area contributed by atoms with Crippen molar-refractivity contribution in [3.63, 3.8) is 0 Å². The van der Waals surface area contributed by atoms with E-state index in [1.54, 1.807) is 17.1 Å². The Labute approximate surface area is 172 Å². The molecule has 6 nitrogen and oxygen atoms in total. The van der Waals surface area contributed by atoms with E-state index in [0.717, 1.165) is 29.3 Å². The fourth-order valence-corrected chi connectivity index (χ4v) is 3.96. The summed E-state index contributed by atoms with van der Waals surface area (Å²) in [4.78, 5) is 9.03. The molecule has 0 radical (unpaired) electrons. The standard InChI is InChI=1S/C23H28N6/c1-28-11-10-25-23(16-24-15-22(28)20-14-26-29(2)17-20)27-21-9-5-8-19(13-21)12-18-6-3-4-7-18/h5,8-11,13-18H,3-4,6-7,12H2,1-2H3,(H,25,27). The summed E-state index contributed by atoms with van der Waals surface area (Å²) >= 11 is 0. The number of nitrogens with zero attached hydrogens (tertiary/aromatic N) is 5. The number of hydrogen-bond acceptors (Lipinski definition) is 4. The first-order valence-corrected chi connectivity index (χ1v) is 10.2. The van der Waals surface area contributed by atoms with Gasteiger partial charge in [0.15, 0.2) is 0 Å². The average Bonchev–Trinajstić information content (AvgIpc) is 3.37. The van der Waals surface area contributed by atoms with Gasteiger partial charge in [-0.25, -0.2) is 4.98 Å². The SMILES string of the molecule is Cn1cc(-c2cncc(Nc3cccc(CC4CCCC4)c3)nccn2C)cn1. The average molecular weight is 389 g/mol. The molecule has 2 aromatic heterocycles. The van der Waals surface area contributed by atoms with Gasteiger partial charge in [0, 0.05) is 43.9 Å². The monoisotopic (exact) mass is 388 g/mol. The quantitative estimate of drug-likeness (QED) is 0.681. The predicted molar refractivity (Wildman–Crippen MR) is 116 cm³/mol. The molecule has 0 saturated heterocycles. The van der Waals surface area contributed by atoms with Gasteiger partial charge in [-0.3, -0.25) is 9.67 Å². The van der Waals surface area contributed by atoms with Crippen LogP contribution in [0.25, 0.3) is 11.3 Å². The Morgan fingerprint density at radius 1 is 1.10 bits per heavy atom. The van der Waals surface area contributed by atoms with E-state index in [1.165, 1.54) is 31.2 Å². The second-order valence-corrected chi connectivity index (χ2v) is 7.80. The van der Waals surface area contributed by atoms with Crippen LogP contribution in [-0.4, -0.2) is 24.3 Å². The van der Waals surface area contributed by atoms with Crippen molar-refractivity contribution in [3.05, 3.63) is 67.0 Å². The molecule has 3 aromatic rings. The van der Waals surface area contributed by atoms with Gasteiger partial charge in [0.1, 0.15) is 5.82 Å². The Kier molecular flexibility index (Phi) is 5.89. The molecular formula is C23H28N6. The summed E-state index contributed by atoms with van der Waals surface area (Å²) in [5.41, 5.74) is 4.40. The van der Waals surface area contributed by atoms with Gasteiger partial charge in [-0.05, 0) is 30.0 Å². The van der Waals surface area contributed by atoms with Gasteiger partial charge < -0.3 is 9.88 Å². The first-order valence-electron chi connectivity index (χ1n) is 10.2. The second kappa shape index (κ2) is 8.90. The Bertz CT molecular complexity index is 1010. The van der Waals surface area contributed by atoms with Gasteiger partial charge in [-0.1, -0.05) is 37.8 Å². The predicted octanol–water partition coefficient (Wildman–Crippen LogP) is 4.82. The van der Waals surface area contributed by atoms with Gasteiger partial charge in [-0.15, -0.1) is 0 Å². The zero-order chi connectivity index (χ0) is 20.1. The van der Waals surface area contributed by atoms with Crippen molar-refractivity contribution in [2.75, 3.05) is 5.32 Å². The van der Waals surface area contributed by atoms with Gasteiger partial charge in [0.25, 0.3) is 0 Å². The summed E-state index contributed by atoms with van der Waals surface area (Å²) in [6.45, 7) is 0. The molecule has 4 rings (SSSR count). The number of aryl methyl sites for hydroxylation is 2. The lowest BCUT2D eigenvalue weighted by atomic mass is 9.98. The molecule has 1 aromatic carbocycles. The molecule has 0 amide bonds. The highest BCUT2D eigenvalue weighted by Crippen LogP contribution is 2.28. The van der Waals surface area contributed by atoms with Crippen LogP contribution in [0.5, 0.6) is 0 Å². The molecular weight excluding hydrogens is 360 g/mol. The topological polar surface area (TPSA) is 60.6 Å². The molecule has 1 saturated carbocycles. The van der Waals surface area contributed by atoms with Crippen molar-refractivity contribution < 1.29 is 0 Å². The Morgan fingerprint density at radius 3 is 2.76 bits per heavy atom. The molecule has 150 valence electrons. The molecule has 1 aliphatic rings. The number of anilines is 2. The van der Waals surface area contributed by atoms with Crippen molar-refractivity contribution in [3.8, 4) is 11.3 Å². The smallest absolute Gasteiger partial charge is 0.148 e. The van der Waals surface area contributed by atoms with E-state index < -0.39 is 0 Å².